The van der Waals surface area contributed by atoms with Crippen LogP contribution >= 0.6 is 11.3 Å². The molecule has 0 saturated heterocycles. The highest BCUT2D eigenvalue weighted by molar-refractivity contribution is 7.20. The molecule has 2 aromatic carbocycles. The minimum absolute atomic E-state index is 0.643. The van der Waals surface area contributed by atoms with Crippen LogP contribution in [0.25, 0.3) is 10.2 Å². The lowest BCUT2D eigenvalue weighted by Gasteiger charge is -2.05. The van der Waals surface area contributed by atoms with Gasteiger partial charge in [-0.3, -0.25) is 0 Å². The molecule has 0 aliphatic heterocycles. The molecule has 0 aliphatic carbocycles. The summed E-state index contributed by atoms with van der Waals surface area (Å²) in [6.45, 7) is 1.99. The number of para-hydroxylation sites is 1. The number of benzene rings is 2. The number of rotatable bonds is 2. The summed E-state index contributed by atoms with van der Waals surface area (Å²) >= 11 is 1.53. The molecule has 18 heavy (non-hydrogen) atoms. The minimum Gasteiger partial charge on any atom is -0.431 e. The van der Waals surface area contributed by atoms with Crippen LogP contribution in [0.5, 0.6) is 10.9 Å². The topological polar surface area (TPSA) is 48.1 Å². The predicted molar refractivity (Wildman–Crippen MR) is 75.3 cm³/mol. The number of fused-ring (bicyclic) bond motifs is 1. The Morgan fingerprint density at radius 1 is 1.17 bits per heavy atom. The SMILES string of the molecule is Cc1ccc(N)cc1Oc1nc2ccccc2s1. The molecule has 0 radical (unpaired) electrons. The molecule has 2 N–H and O–H groups in total. The van der Waals surface area contributed by atoms with E-state index in [1.165, 1.54) is 11.3 Å². The van der Waals surface area contributed by atoms with Crippen LogP contribution in [0.15, 0.2) is 42.5 Å². The van der Waals surface area contributed by atoms with E-state index in [2.05, 4.69) is 4.98 Å². The first-order valence-corrected chi connectivity index (χ1v) is 6.43. The van der Waals surface area contributed by atoms with Crippen LogP contribution in [0.2, 0.25) is 0 Å². The normalized spacial score (nSPS) is 10.7. The second-order valence-corrected chi connectivity index (χ2v) is 5.07. The van der Waals surface area contributed by atoms with E-state index in [1.54, 1.807) is 0 Å². The summed E-state index contributed by atoms with van der Waals surface area (Å²) < 4.78 is 6.92. The van der Waals surface area contributed by atoms with Crippen molar-refractivity contribution in [3.05, 3.63) is 48.0 Å². The van der Waals surface area contributed by atoms with E-state index >= 15 is 0 Å². The molecule has 1 aromatic heterocycles. The zero-order valence-corrected chi connectivity index (χ0v) is 10.7. The lowest BCUT2D eigenvalue weighted by atomic mass is 10.2. The molecular formula is C14H12N2OS. The Hall–Kier alpha value is -2.07. The summed E-state index contributed by atoms with van der Waals surface area (Å²) in [4.78, 5) is 4.43. The van der Waals surface area contributed by atoms with E-state index in [9.17, 15) is 0 Å². The van der Waals surface area contributed by atoms with Gasteiger partial charge in [-0.05, 0) is 30.7 Å². The van der Waals surface area contributed by atoms with Crippen molar-refractivity contribution < 1.29 is 4.74 Å². The van der Waals surface area contributed by atoms with Crippen LogP contribution in [0.1, 0.15) is 5.56 Å². The summed E-state index contributed by atoms with van der Waals surface area (Å²) in [5.41, 5.74) is 8.45. The van der Waals surface area contributed by atoms with Crippen LogP contribution in [0.4, 0.5) is 5.69 Å². The molecule has 90 valence electrons. The Kier molecular flexibility index (Phi) is 2.64. The maximum absolute atomic E-state index is 5.80. The standard InChI is InChI=1S/C14H12N2OS/c1-9-6-7-10(15)8-12(9)17-14-16-11-4-2-3-5-13(11)18-14/h2-8H,15H2,1H3. The van der Waals surface area contributed by atoms with E-state index in [0.717, 1.165) is 21.5 Å². The van der Waals surface area contributed by atoms with Gasteiger partial charge in [-0.1, -0.05) is 29.5 Å². The average Bonchev–Trinajstić information content (AvgIpc) is 2.76. The first kappa shape index (κ1) is 11.0. The molecule has 3 nitrogen and oxygen atoms in total. The molecule has 0 spiro atoms. The fraction of sp³-hybridized carbons (Fsp3) is 0.0714. The van der Waals surface area contributed by atoms with Gasteiger partial charge in [0.2, 0.25) is 0 Å². The number of aryl methyl sites for hydroxylation is 1. The first-order chi connectivity index (χ1) is 8.72. The maximum atomic E-state index is 5.80. The number of anilines is 1. The van der Waals surface area contributed by atoms with Gasteiger partial charge in [0.1, 0.15) is 5.75 Å². The summed E-state index contributed by atoms with van der Waals surface area (Å²) in [7, 11) is 0. The number of ether oxygens (including phenoxy) is 1. The molecule has 0 bridgehead atoms. The molecule has 0 saturated carbocycles. The molecule has 0 atom stereocenters. The minimum atomic E-state index is 0.643. The Balaban J connectivity index is 1.98. The van der Waals surface area contributed by atoms with Gasteiger partial charge in [0.05, 0.1) is 10.2 Å². The van der Waals surface area contributed by atoms with Crippen molar-refractivity contribution in [3.8, 4) is 10.9 Å². The number of nitrogens with zero attached hydrogens (tertiary/aromatic N) is 1. The zero-order valence-electron chi connectivity index (χ0n) is 9.88. The third kappa shape index (κ3) is 2.02. The van der Waals surface area contributed by atoms with Gasteiger partial charge in [-0.25, -0.2) is 4.98 Å². The molecule has 3 rings (SSSR count). The summed E-state index contributed by atoms with van der Waals surface area (Å²) in [5, 5.41) is 0.643. The lowest BCUT2D eigenvalue weighted by Crippen LogP contribution is -1.90. The number of thiazole rings is 1. The number of nitrogen functional groups attached to an aromatic ring is 1. The molecule has 3 aromatic rings. The number of nitrogens with two attached hydrogens (primary N) is 1. The highest BCUT2D eigenvalue weighted by atomic mass is 32.1. The van der Waals surface area contributed by atoms with Crippen LogP contribution < -0.4 is 10.5 Å². The monoisotopic (exact) mass is 256 g/mol. The largest absolute Gasteiger partial charge is 0.431 e. The van der Waals surface area contributed by atoms with Crippen molar-refractivity contribution in [2.75, 3.05) is 5.73 Å². The highest BCUT2D eigenvalue weighted by Gasteiger charge is 2.07. The van der Waals surface area contributed by atoms with Crippen LogP contribution in [0, 0.1) is 6.92 Å². The van der Waals surface area contributed by atoms with Crippen molar-refractivity contribution in [1.82, 2.24) is 4.98 Å². The van der Waals surface area contributed by atoms with Crippen LogP contribution in [-0.2, 0) is 0 Å². The molecule has 0 fully saturated rings. The van der Waals surface area contributed by atoms with Gasteiger partial charge < -0.3 is 10.5 Å². The van der Waals surface area contributed by atoms with Gasteiger partial charge in [0, 0.05) is 11.8 Å². The fourth-order valence-corrected chi connectivity index (χ4v) is 2.54. The number of hydrogen-bond donors (Lipinski definition) is 1. The average molecular weight is 256 g/mol. The van der Waals surface area contributed by atoms with Gasteiger partial charge in [-0.2, -0.15) is 0 Å². The molecule has 1 heterocycles. The molecule has 0 amide bonds. The van der Waals surface area contributed by atoms with Crippen LogP contribution in [0.3, 0.4) is 0 Å². The Morgan fingerprint density at radius 2 is 2.00 bits per heavy atom. The third-order valence-electron chi connectivity index (χ3n) is 2.68. The van der Waals surface area contributed by atoms with Crippen LogP contribution in [-0.4, -0.2) is 4.98 Å². The predicted octanol–water partition coefficient (Wildman–Crippen LogP) is 3.98. The Morgan fingerprint density at radius 3 is 2.83 bits per heavy atom. The lowest BCUT2D eigenvalue weighted by molar-refractivity contribution is 0.477. The van der Waals surface area contributed by atoms with E-state index in [1.807, 2.05) is 49.4 Å². The first-order valence-electron chi connectivity index (χ1n) is 5.62. The zero-order chi connectivity index (χ0) is 12.5. The van der Waals surface area contributed by atoms with Crippen molar-refractivity contribution in [3.63, 3.8) is 0 Å². The van der Waals surface area contributed by atoms with Crippen molar-refractivity contribution >= 4 is 27.2 Å². The molecule has 0 unspecified atom stereocenters. The highest BCUT2D eigenvalue weighted by Crippen LogP contribution is 2.33. The van der Waals surface area contributed by atoms with E-state index in [0.29, 0.717) is 10.9 Å². The van der Waals surface area contributed by atoms with E-state index < -0.39 is 0 Å². The van der Waals surface area contributed by atoms with Gasteiger partial charge >= 0.3 is 0 Å². The summed E-state index contributed by atoms with van der Waals surface area (Å²) in [6.07, 6.45) is 0. The van der Waals surface area contributed by atoms with Crippen molar-refractivity contribution in [2.24, 2.45) is 0 Å². The fourth-order valence-electron chi connectivity index (χ4n) is 1.72. The number of aromatic nitrogens is 1. The van der Waals surface area contributed by atoms with Gasteiger partial charge in [0.25, 0.3) is 5.19 Å². The van der Waals surface area contributed by atoms with Gasteiger partial charge in [-0.15, -0.1) is 0 Å². The molecule has 4 heteroatoms. The molecule has 0 aliphatic rings. The maximum Gasteiger partial charge on any atom is 0.279 e. The quantitative estimate of drug-likeness (QED) is 0.705. The van der Waals surface area contributed by atoms with Crippen molar-refractivity contribution in [2.45, 2.75) is 6.92 Å². The summed E-state index contributed by atoms with van der Waals surface area (Å²) in [5.74, 6) is 0.758. The smallest absolute Gasteiger partial charge is 0.279 e. The Labute approximate surface area is 109 Å². The third-order valence-corrected chi connectivity index (χ3v) is 3.60. The van der Waals surface area contributed by atoms with E-state index in [4.69, 9.17) is 10.5 Å². The Bertz CT molecular complexity index is 673. The van der Waals surface area contributed by atoms with Crippen molar-refractivity contribution in [1.29, 1.82) is 0 Å². The molecular weight excluding hydrogens is 244 g/mol. The second kappa shape index (κ2) is 4.31. The summed E-state index contributed by atoms with van der Waals surface area (Å²) in [6, 6.07) is 13.6. The second-order valence-electron chi connectivity index (χ2n) is 4.07. The van der Waals surface area contributed by atoms with E-state index in [-0.39, 0.29) is 0 Å². The number of hydrogen-bond acceptors (Lipinski definition) is 4. The van der Waals surface area contributed by atoms with Gasteiger partial charge in [0.15, 0.2) is 0 Å².